The molecule has 74 valence electrons. The first kappa shape index (κ1) is 11.9. The lowest BCUT2D eigenvalue weighted by Crippen LogP contribution is -2.30. The van der Waals surface area contributed by atoms with Gasteiger partial charge in [-0.25, -0.2) is 0 Å². The van der Waals surface area contributed by atoms with E-state index in [9.17, 15) is 0 Å². The van der Waals surface area contributed by atoms with E-state index in [1.807, 2.05) is 6.92 Å². The van der Waals surface area contributed by atoms with Crippen LogP contribution in [0.5, 0.6) is 0 Å². The van der Waals surface area contributed by atoms with Gasteiger partial charge in [-0.05, 0) is 40.2 Å². The van der Waals surface area contributed by atoms with E-state index in [1.54, 1.807) is 0 Å². The lowest BCUT2D eigenvalue weighted by Gasteiger charge is -2.18. The molecule has 0 aliphatic carbocycles. The molecule has 0 spiro atoms. The van der Waals surface area contributed by atoms with Crippen LogP contribution in [0.25, 0.3) is 0 Å². The summed E-state index contributed by atoms with van der Waals surface area (Å²) < 4.78 is 5.45. The molecule has 0 aliphatic heterocycles. The van der Waals surface area contributed by atoms with E-state index in [0.717, 1.165) is 19.6 Å². The molecule has 0 amide bonds. The van der Waals surface area contributed by atoms with Crippen LogP contribution < -0.4 is 5.32 Å². The van der Waals surface area contributed by atoms with Crippen molar-refractivity contribution in [3.8, 4) is 0 Å². The molecule has 1 N–H and O–H groups in total. The van der Waals surface area contributed by atoms with Crippen molar-refractivity contribution in [2.45, 2.75) is 52.7 Å². The van der Waals surface area contributed by atoms with Crippen molar-refractivity contribution in [3.05, 3.63) is 0 Å². The first-order valence-corrected chi connectivity index (χ1v) is 5.05. The molecule has 0 heterocycles. The Morgan fingerprint density at radius 2 is 1.92 bits per heavy atom. The van der Waals surface area contributed by atoms with Crippen molar-refractivity contribution >= 4 is 0 Å². The molecule has 0 rings (SSSR count). The maximum Gasteiger partial charge on any atom is 0.0561 e. The molecular formula is C10H23NO. The SMILES string of the molecule is CCCNC(C)CC(C)OCC. The lowest BCUT2D eigenvalue weighted by molar-refractivity contribution is 0.0638. The van der Waals surface area contributed by atoms with E-state index < -0.39 is 0 Å². The van der Waals surface area contributed by atoms with E-state index in [1.165, 1.54) is 6.42 Å². The Balaban J connectivity index is 3.33. The third-order valence-corrected chi connectivity index (χ3v) is 1.88. The van der Waals surface area contributed by atoms with Crippen LogP contribution in [0.1, 0.15) is 40.5 Å². The fourth-order valence-electron chi connectivity index (χ4n) is 1.32. The molecular weight excluding hydrogens is 150 g/mol. The third-order valence-electron chi connectivity index (χ3n) is 1.88. The van der Waals surface area contributed by atoms with Gasteiger partial charge in [0, 0.05) is 12.6 Å². The topological polar surface area (TPSA) is 21.3 Å². The summed E-state index contributed by atoms with van der Waals surface area (Å²) in [6.45, 7) is 10.5. The van der Waals surface area contributed by atoms with E-state index in [2.05, 4.69) is 26.1 Å². The quantitative estimate of drug-likeness (QED) is 0.637. The lowest BCUT2D eigenvalue weighted by atomic mass is 10.1. The second-order valence-corrected chi connectivity index (χ2v) is 3.36. The summed E-state index contributed by atoms with van der Waals surface area (Å²) in [5.41, 5.74) is 0. The zero-order chi connectivity index (χ0) is 9.40. The van der Waals surface area contributed by atoms with Crippen LogP contribution in [0.4, 0.5) is 0 Å². The fraction of sp³-hybridized carbons (Fsp3) is 1.00. The standard InChI is InChI=1S/C10H23NO/c1-5-7-11-9(3)8-10(4)12-6-2/h9-11H,5-8H2,1-4H3. The first-order chi connectivity index (χ1) is 5.70. The average Bonchev–Trinajstić information content (AvgIpc) is 2.01. The summed E-state index contributed by atoms with van der Waals surface area (Å²) in [5.74, 6) is 0. The van der Waals surface area contributed by atoms with Crippen LogP contribution in [0.15, 0.2) is 0 Å². The van der Waals surface area contributed by atoms with E-state index in [-0.39, 0.29) is 0 Å². The zero-order valence-electron chi connectivity index (χ0n) is 8.89. The Morgan fingerprint density at radius 3 is 2.42 bits per heavy atom. The molecule has 0 aliphatic rings. The second-order valence-electron chi connectivity index (χ2n) is 3.36. The molecule has 2 heteroatoms. The predicted molar refractivity (Wildman–Crippen MR) is 53.5 cm³/mol. The number of hydrogen-bond donors (Lipinski definition) is 1. The molecule has 2 atom stereocenters. The van der Waals surface area contributed by atoms with Crippen LogP contribution in [0.2, 0.25) is 0 Å². The third kappa shape index (κ3) is 6.62. The largest absolute Gasteiger partial charge is 0.379 e. The van der Waals surface area contributed by atoms with Gasteiger partial charge in [-0.15, -0.1) is 0 Å². The number of ether oxygens (including phenoxy) is 1. The maximum atomic E-state index is 5.45. The van der Waals surface area contributed by atoms with Crippen molar-refractivity contribution in [3.63, 3.8) is 0 Å². The summed E-state index contributed by atoms with van der Waals surface area (Å²) in [6, 6.07) is 0.575. The van der Waals surface area contributed by atoms with Crippen molar-refractivity contribution < 1.29 is 4.74 Å². The first-order valence-electron chi connectivity index (χ1n) is 5.05. The second kappa shape index (κ2) is 7.56. The minimum atomic E-state index is 0.384. The number of hydrogen-bond acceptors (Lipinski definition) is 2. The molecule has 0 aromatic heterocycles. The molecule has 12 heavy (non-hydrogen) atoms. The van der Waals surface area contributed by atoms with Crippen LogP contribution in [-0.4, -0.2) is 25.3 Å². The molecule has 0 fully saturated rings. The Morgan fingerprint density at radius 1 is 1.25 bits per heavy atom. The Labute approximate surface area is 76.7 Å². The summed E-state index contributed by atoms with van der Waals surface area (Å²) in [6.07, 6.45) is 2.69. The van der Waals surface area contributed by atoms with Gasteiger partial charge in [0.1, 0.15) is 0 Å². The van der Waals surface area contributed by atoms with Crippen molar-refractivity contribution in [2.24, 2.45) is 0 Å². The Bertz CT molecular complexity index is 95.8. The van der Waals surface area contributed by atoms with E-state index in [4.69, 9.17) is 4.74 Å². The van der Waals surface area contributed by atoms with Crippen LogP contribution >= 0.6 is 0 Å². The van der Waals surface area contributed by atoms with Gasteiger partial charge in [-0.2, -0.15) is 0 Å². The van der Waals surface area contributed by atoms with Gasteiger partial charge >= 0.3 is 0 Å². The normalized spacial score (nSPS) is 16.0. The van der Waals surface area contributed by atoms with Crippen molar-refractivity contribution in [2.75, 3.05) is 13.2 Å². The smallest absolute Gasteiger partial charge is 0.0561 e. The summed E-state index contributed by atoms with van der Waals surface area (Å²) in [4.78, 5) is 0. The highest BCUT2D eigenvalue weighted by molar-refractivity contribution is 4.64. The molecule has 0 saturated carbocycles. The van der Waals surface area contributed by atoms with Gasteiger partial charge < -0.3 is 10.1 Å². The minimum Gasteiger partial charge on any atom is -0.379 e. The number of nitrogens with one attached hydrogen (secondary N) is 1. The molecule has 0 radical (unpaired) electrons. The van der Waals surface area contributed by atoms with Gasteiger partial charge in [0.2, 0.25) is 0 Å². The molecule has 2 nitrogen and oxygen atoms in total. The summed E-state index contributed by atoms with van der Waals surface area (Å²) in [7, 11) is 0. The highest BCUT2D eigenvalue weighted by atomic mass is 16.5. The Kier molecular flexibility index (Phi) is 7.51. The summed E-state index contributed by atoms with van der Waals surface area (Å²) >= 11 is 0. The molecule has 0 aromatic rings. The molecule has 0 saturated heterocycles. The van der Waals surface area contributed by atoms with Gasteiger partial charge in [-0.3, -0.25) is 0 Å². The highest BCUT2D eigenvalue weighted by Crippen LogP contribution is 2.01. The molecule has 0 bridgehead atoms. The van der Waals surface area contributed by atoms with Gasteiger partial charge in [0.25, 0.3) is 0 Å². The van der Waals surface area contributed by atoms with Gasteiger partial charge in [-0.1, -0.05) is 6.92 Å². The van der Waals surface area contributed by atoms with Crippen molar-refractivity contribution in [1.82, 2.24) is 5.32 Å². The number of rotatable bonds is 7. The Hall–Kier alpha value is -0.0800. The highest BCUT2D eigenvalue weighted by Gasteiger charge is 2.06. The molecule has 2 unspecified atom stereocenters. The van der Waals surface area contributed by atoms with Crippen LogP contribution in [0, 0.1) is 0 Å². The van der Waals surface area contributed by atoms with Crippen LogP contribution in [0.3, 0.4) is 0 Å². The van der Waals surface area contributed by atoms with Crippen LogP contribution in [-0.2, 0) is 4.74 Å². The molecule has 0 aromatic carbocycles. The maximum absolute atomic E-state index is 5.45. The fourth-order valence-corrected chi connectivity index (χ4v) is 1.32. The zero-order valence-corrected chi connectivity index (χ0v) is 8.89. The van der Waals surface area contributed by atoms with E-state index >= 15 is 0 Å². The van der Waals surface area contributed by atoms with Gasteiger partial charge in [0.05, 0.1) is 6.10 Å². The van der Waals surface area contributed by atoms with Gasteiger partial charge in [0.15, 0.2) is 0 Å². The summed E-state index contributed by atoms with van der Waals surface area (Å²) in [5, 5.41) is 3.44. The monoisotopic (exact) mass is 173 g/mol. The van der Waals surface area contributed by atoms with Crippen molar-refractivity contribution in [1.29, 1.82) is 0 Å². The minimum absolute atomic E-state index is 0.384. The van der Waals surface area contributed by atoms with E-state index in [0.29, 0.717) is 12.1 Å². The average molecular weight is 173 g/mol. The predicted octanol–water partition coefficient (Wildman–Crippen LogP) is 2.19.